The lowest BCUT2D eigenvalue weighted by Gasteiger charge is -2.07. The first-order valence-corrected chi connectivity index (χ1v) is 6.26. The van der Waals surface area contributed by atoms with Gasteiger partial charge in [0.1, 0.15) is 6.07 Å². The lowest BCUT2D eigenvalue weighted by atomic mass is 10.1. The molecule has 2 rings (SSSR count). The number of benzene rings is 2. The highest BCUT2D eigenvalue weighted by Gasteiger charge is 2.02. The highest BCUT2D eigenvalue weighted by molar-refractivity contribution is 5.61. The van der Waals surface area contributed by atoms with Gasteiger partial charge < -0.3 is 5.32 Å². The van der Waals surface area contributed by atoms with Crippen LogP contribution in [0.3, 0.4) is 0 Å². The summed E-state index contributed by atoms with van der Waals surface area (Å²) in [6.07, 6.45) is 4.12. The second-order valence-electron chi connectivity index (χ2n) is 4.30. The Hall–Kier alpha value is -2.53. The maximum Gasteiger partial charge on any atom is 0.102 e. The first-order valence-electron chi connectivity index (χ1n) is 6.26. The molecule has 0 aliphatic rings. The van der Waals surface area contributed by atoms with Gasteiger partial charge in [0.05, 0.1) is 11.3 Å². The molecule has 19 heavy (non-hydrogen) atoms. The van der Waals surface area contributed by atoms with Gasteiger partial charge in [0.15, 0.2) is 0 Å². The van der Waals surface area contributed by atoms with Crippen LogP contribution in [-0.4, -0.2) is 6.54 Å². The van der Waals surface area contributed by atoms with Gasteiger partial charge in [-0.05, 0) is 24.1 Å². The standard InChI is InChI=1S/C17H16N2/c1-14-7-5-11-17(16(14)13-18)19-12-6-10-15-8-3-2-4-9-15/h2-11,19H,12H2,1H3/b10-6+. The van der Waals surface area contributed by atoms with Crippen molar-refractivity contribution in [2.24, 2.45) is 0 Å². The predicted molar refractivity (Wildman–Crippen MR) is 79.9 cm³/mol. The highest BCUT2D eigenvalue weighted by atomic mass is 14.9. The number of nitrogens with zero attached hydrogens (tertiary/aromatic N) is 1. The maximum absolute atomic E-state index is 9.13. The van der Waals surface area contributed by atoms with E-state index in [2.05, 4.69) is 35.7 Å². The molecule has 0 amide bonds. The highest BCUT2D eigenvalue weighted by Crippen LogP contribution is 2.17. The molecule has 0 aliphatic carbocycles. The van der Waals surface area contributed by atoms with Gasteiger partial charge in [0.2, 0.25) is 0 Å². The van der Waals surface area contributed by atoms with E-state index >= 15 is 0 Å². The van der Waals surface area contributed by atoms with Crippen molar-refractivity contribution in [3.8, 4) is 6.07 Å². The minimum absolute atomic E-state index is 0.701. The van der Waals surface area contributed by atoms with E-state index < -0.39 is 0 Å². The molecule has 0 atom stereocenters. The largest absolute Gasteiger partial charge is 0.380 e. The van der Waals surface area contributed by atoms with Crippen LogP contribution in [0.2, 0.25) is 0 Å². The van der Waals surface area contributed by atoms with Crippen LogP contribution in [0.25, 0.3) is 6.08 Å². The minimum Gasteiger partial charge on any atom is -0.380 e. The zero-order valence-corrected chi connectivity index (χ0v) is 10.9. The van der Waals surface area contributed by atoms with Crippen molar-refractivity contribution in [3.05, 3.63) is 71.3 Å². The van der Waals surface area contributed by atoms with E-state index in [4.69, 9.17) is 5.26 Å². The van der Waals surface area contributed by atoms with Crippen molar-refractivity contribution in [1.82, 2.24) is 0 Å². The molecule has 0 aliphatic heterocycles. The maximum atomic E-state index is 9.13. The van der Waals surface area contributed by atoms with Crippen LogP contribution in [0, 0.1) is 18.3 Å². The zero-order chi connectivity index (χ0) is 13.5. The quantitative estimate of drug-likeness (QED) is 0.888. The first kappa shape index (κ1) is 12.9. The molecule has 2 aromatic carbocycles. The summed E-state index contributed by atoms with van der Waals surface area (Å²) >= 11 is 0. The van der Waals surface area contributed by atoms with E-state index in [0.717, 1.165) is 16.8 Å². The van der Waals surface area contributed by atoms with Gasteiger partial charge in [-0.2, -0.15) is 5.26 Å². The van der Waals surface area contributed by atoms with E-state index in [1.807, 2.05) is 43.3 Å². The summed E-state index contributed by atoms with van der Waals surface area (Å²) < 4.78 is 0. The third-order valence-electron chi connectivity index (χ3n) is 2.90. The van der Waals surface area contributed by atoms with Crippen LogP contribution in [0.15, 0.2) is 54.6 Å². The number of hydrogen-bond acceptors (Lipinski definition) is 2. The Labute approximate surface area is 114 Å². The molecule has 0 fully saturated rings. The Kier molecular flexibility index (Phi) is 4.36. The van der Waals surface area contributed by atoms with Crippen LogP contribution in [0.1, 0.15) is 16.7 Å². The molecule has 0 heterocycles. The minimum atomic E-state index is 0.701. The second kappa shape index (κ2) is 6.42. The summed E-state index contributed by atoms with van der Waals surface area (Å²) in [5.41, 5.74) is 3.78. The smallest absolute Gasteiger partial charge is 0.102 e. The van der Waals surface area contributed by atoms with Crippen LogP contribution < -0.4 is 5.32 Å². The van der Waals surface area contributed by atoms with Gasteiger partial charge in [0.25, 0.3) is 0 Å². The number of nitriles is 1. The van der Waals surface area contributed by atoms with Gasteiger partial charge in [0, 0.05) is 6.54 Å². The lowest BCUT2D eigenvalue weighted by Crippen LogP contribution is -2.01. The fraction of sp³-hybridized carbons (Fsp3) is 0.118. The summed E-state index contributed by atoms with van der Waals surface area (Å²) in [5.74, 6) is 0. The van der Waals surface area contributed by atoms with E-state index in [-0.39, 0.29) is 0 Å². The number of aryl methyl sites for hydroxylation is 1. The summed E-state index contributed by atoms with van der Waals surface area (Å²) in [6, 6.07) is 18.2. The molecule has 0 spiro atoms. The topological polar surface area (TPSA) is 35.8 Å². The average molecular weight is 248 g/mol. The molecular weight excluding hydrogens is 232 g/mol. The van der Waals surface area contributed by atoms with Crippen molar-refractivity contribution in [1.29, 1.82) is 5.26 Å². The summed E-state index contributed by atoms with van der Waals surface area (Å²) in [4.78, 5) is 0. The molecule has 0 aromatic heterocycles. The van der Waals surface area contributed by atoms with E-state index in [1.165, 1.54) is 5.56 Å². The fourth-order valence-corrected chi connectivity index (χ4v) is 1.89. The first-order chi connectivity index (χ1) is 9.31. The van der Waals surface area contributed by atoms with Crippen molar-refractivity contribution in [3.63, 3.8) is 0 Å². The SMILES string of the molecule is Cc1cccc(NC/C=C/c2ccccc2)c1C#N. The Morgan fingerprint density at radius 1 is 1.11 bits per heavy atom. The molecule has 2 heteroatoms. The second-order valence-corrected chi connectivity index (χ2v) is 4.30. The molecule has 2 aromatic rings. The van der Waals surface area contributed by atoms with E-state index in [0.29, 0.717) is 6.54 Å². The summed E-state index contributed by atoms with van der Waals surface area (Å²) in [6.45, 7) is 2.65. The zero-order valence-electron chi connectivity index (χ0n) is 10.9. The Balaban J connectivity index is 1.99. The molecule has 0 bridgehead atoms. The number of hydrogen-bond donors (Lipinski definition) is 1. The fourth-order valence-electron chi connectivity index (χ4n) is 1.89. The molecule has 0 saturated heterocycles. The van der Waals surface area contributed by atoms with Gasteiger partial charge in [-0.15, -0.1) is 0 Å². The normalized spacial score (nSPS) is 10.3. The Morgan fingerprint density at radius 2 is 1.89 bits per heavy atom. The van der Waals surface area contributed by atoms with Gasteiger partial charge >= 0.3 is 0 Å². The van der Waals surface area contributed by atoms with E-state index in [9.17, 15) is 0 Å². The third kappa shape index (κ3) is 3.46. The monoisotopic (exact) mass is 248 g/mol. The van der Waals surface area contributed by atoms with Gasteiger partial charge in [-0.25, -0.2) is 0 Å². The molecule has 0 saturated carbocycles. The van der Waals surface area contributed by atoms with Gasteiger partial charge in [-0.1, -0.05) is 54.6 Å². The predicted octanol–water partition coefficient (Wildman–Crippen LogP) is 3.99. The Morgan fingerprint density at radius 3 is 2.63 bits per heavy atom. The molecular formula is C17H16N2. The lowest BCUT2D eigenvalue weighted by molar-refractivity contribution is 1.30. The van der Waals surface area contributed by atoms with Crippen LogP contribution in [0.4, 0.5) is 5.69 Å². The molecule has 1 N–H and O–H groups in total. The summed E-state index contributed by atoms with van der Waals surface area (Å²) in [7, 11) is 0. The molecule has 0 unspecified atom stereocenters. The van der Waals surface area contributed by atoms with Crippen molar-refractivity contribution < 1.29 is 0 Å². The van der Waals surface area contributed by atoms with Crippen LogP contribution in [-0.2, 0) is 0 Å². The number of anilines is 1. The van der Waals surface area contributed by atoms with Crippen molar-refractivity contribution in [2.75, 3.05) is 11.9 Å². The van der Waals surface area contributed by atoms with Crippen LogP contribution in [0.5, 0.6) is 0 Å². The molecule has 0 radical (unpaired) electrons. The van der Waals surface area contributed by atoms with Gasteiger partial charge in [-0.3, -0.25) is 0 Å². The van der Waals surface area contributed by atoms with Crippen molar-refractivity contribution in [2.45, 2.75) is 6.92 Å². The molecule has 94 valence electrons. The Bertz CT molecular complexity index is 607. The van der Waals surface area contributed by atoms with Crippen molar-refractivity contribution >= 4 is 11.8 Å². The van der Waals surface area contributed by atoms with Crippen LogP contribution >= 0.6 is 0 Å². The molecule has 2 nitrogen and oxygen atoms in total. The summed E-state index contributed by atoms with van der Waals surface area (Å²) in [5, 5.41) is 12.4. The average Bonchev–Trinajstić information content (AvgIpc) is 2.45. The third-order valence-corrected chi connectivity index (χ3v) is 2.90. The number of rotatable bonds is 4. The number of nitrogens with one attached hydrogen (secondary N) is 1. The van der Waals surface area contributed by atoms with E-state index in [1.54, 1.807) is 0 Å².